The molecule has 0 spiro atoms. The van der Waals surface area contributed by atoms with Gasteiger partial charge in [-0.25, -0.2) is 0 Å². The molecule has 0 saturated carbocycles. The van der Waals surface area contributed by atoms with Crippen LogP contribution in [-0.4, -0.2) is 29.1 Å². The van der Waals surface area contributed by atoms with Crippen molar-refractivity contribution in [3.8, 4) is 5.75 Å². The second-order valence-corrected chi connectivity index (χ2v) is 7.88. The summed E-state index contributed by atoms with van der Waals surface area (Å²) in [6.45, 7) is 11.6. The highest BCUT2D eigenvalue weighted by Crippen LogP contribution is 2.58. The van der Waals surface area contributed by atoms with Gasteiger partial charge >= 0.3 is 0 Å². The predicted molar refractivity (Wildman–Crippen MR) is 95.5 cm³/mol. The summed E-state index contributed by atoms with van der Waals surface area (Å²) in [5, 5.41) is 11.2. The number of likely N-dealkylation sites (tertiary alicyclic amines) is 1. The van der Waals surface area contributed by atoms with Gasteiger partial charge in [0.2, 0.25) is 0 Å². The van der Waals surface area contributed by atoms with Crippen LogP contribution < -0.4 is 0 Å². The van der Waals surface area contributed by atoms with Crippen molar-refractivity contribution in [3.05, 3.63) is 28.3 Å². The highest BCUT2D eigenvalue weighted by atomic mass is 35.5. The number of phenols is 1. The Balaban J connectivity index is 0.00000176. The summed E-state index contributed by atoms with van der Waals surface area (Å²) in [7, 11) is 0. The largest absolute Gasteiger partial charge is 0.508 e. The first-order valence-corrected chi connectivity index (χ1v) is 8.45. The zero-order valence-corrected chi connectivity index (χ0v) is 15.5. The van der Waals surface area contributed by atoms with Gasteiger partial charge in [0.05, 0.1) is 0 Å². The van der Waals surface area contributed by atoms with E-state index < -0.39 is 0 Å². The van der Waals surface area contributed by atoms with Crippen LogP contribution in [0.2, 0.25) is 5.02 Å². The molecule has 0 amide bonds. The maximum atomic E-state index is 10.4. The third-order valence-corrected chi connectivity index (χ3v) is 6.61. The second-order valence-electron chi connectivity index (χ2n) is 7.47. The van der Waals surface area contributed by atoms with E-state index in [1.807, 2.05) is 6.07 Å². The molecule has 2 unspecified atom stereocenters. The van der Waals surface area contributed by atoms with Gasteiger partial charge in [-0.15, -0.1) is 12.4 Å². The van der Waals surface area contributed by atoms with Crippen LogP contribution in [0, 0.1) is 5.41 Å². The maximum absolute atomic E-state index is 10.4. The highest BCUT2D eigenvalue weighted by Gasteiger charge is 2.57. The predicted octanol–water partition coefficient (Wildman–Crippen LogP) is 4.79. The molecule has 1 heterocycles. The number of fused-ring (bicyclic) bond motifs is 2. The van der Waals surface area contributed by atoms with Crippen LogP contribution >= 0.6 is 24.0 Å². The standard InChI is InChI=1S/C18H26ClNO.ClH/c1-5-9-20-10-8-18(4)15(20)11-12-14(21)7-6-13(19)16(12)17(18,2)3;/h6-7,15,21H,5,8-11H2,1-4H3;1H. The van der Waals surface area contributed by atoms with E-state index in [2.05, 4.69) is 32.6 Å². The summed E-state index contributed by atoms with van der Waals surface area (Å²) in [6, 6.07) is 4.10. The van der Waals surface area contributed by atoms with E-state index in [9.17, 15) is 5.11 Å². The van der Waals surface area contributed by atoms with E-state index in [1.54, 1.807) is 6.07 Å². The van der Waals surface area contributed by atoms with Crippen LogP contribution in [0.15, 0.2) is 12.1 Å². The lowest BCUT2D eigenvalue weighted by Gasteiger charge is -2.52. The number of hydrogen-bond donors (Lipinski definition) is 1. The zero-order valence-electron chi connectivity index (χ0n) is 13.9. The fourth-order valence-electron chi connectivity index (χ4n) is 4.71. The molecule has 1 N–H and O–H groups in total. The Hall–Kier alpha value is -0.440. The van der Waals surface area contributed by atoms with Crippen LogP contribution in [0.5, 0.6) is 5.75 Å². The quantitative estimate of drug-likeness (QED) is 0.834. The summed E-state index contributed by atoms with van der Waals surface area (Å²) < 4.78 is 0. The van der Waals surface area contributed by atoms with Crippen molar-refractivity contribution in [3.63, 3.8) is 0 Å². The Morgan fingerprint density at radius 2 is 2.00 bits per heavy atom. The molecule has 4 heteroatoms. The average molecular weight is 344 g/mol. The molecule has 124 valence electrons. The van der Waals surface area contributed by atoms with Crippen molar-refractivity contribution < 1.29 is 5.11 Å². The molecule has 3 rings (SSSR count). The highest BCUT2D eigenvalue weighted by molar-refractivity contribution is 6.31. The molecular formula is C18H27Cl2NO. The van der Waals surface area contributed by atoms with Crippen LogP contribution in [0.4, 0.5) is 0 Å². The minimum Gasteiger partial charge on any atom is -0.508 e. The van der Waals surface area contributed by atoms with Gasteiger partial charge in [-0.1, -0.05) is 39.3 Å². The Bertz CT molecular complexity index is 572. The van der Waals surface area contributed by atoms with Crippen molar-refractivity contribution >= 4 is 24.0 Å². The third-order valence-electron chi connectivity index (χ3n) is 6.29. The van der Waals surface area contributed by atoms with E-state index in [0.29, 0.717) is 11.8 Å². The van der Waals surface area contributed by atoms with Gasteiger partial charge in [0.1, 0.15) is 5.75 Å². The molecule has 2 aliphatic rings. The molecule has 0 aromatic heterocycles. The minimum absolute atomic E-state index is 0. The summed E-state index contributed by atoms with van der Waals surface area (Å²) in [4.78, 5) is 2.62. The molecule has 2 nitrogen and oxygen atoms in total. The number of halogens is 2. The first-order valence-electron chi connectivity index (χ1n) is 8.08. The first kappa shape index (κ1) is 17.9. The van der Waals surface area contributed by atoms with Gasteiger partial charge in [-0.3, -0.25) is 4.90 Å². The number of benzene rings is 1. The normalized spacial score (nSPS) is 29.6. The fraction of sp³-hybridized carbons (Fsp3) is 0.667. The Morgan fingerprint density at radius 3 is 2.64 bits per heavy atom. The molecule has 2 atom stereocenters. The topological polar surface area (TPSA) is 23.5 Å². The maximum Gasteiger partial charge on any atom is 0.119 e. The monoisotopic (exact) mass is 343 g/mol. The number of nitrogens with zero attached hydrogens (tertiary/aromatic N) is 1. The van der Waals surface area contributed by atoms with E-state index in [4.69, 9.17) is 11.6 Å². The Kier molecular flexibility index (Phi) is 4.79. The van der Waals surface area contributed by atoms with Gasteiger partial charge in [-0.05, 0) is 60.9 Å². The molecule has 1 aromatic carbocycles. The second kappa shape index (κ2) is 5.89. The van der Waals surface area contributed by atoms with E-state index >= 15 is 0 Å². The van der Waals surface area contributed by atoms with Crippen molar-refractivity contribution in [1.82, 2.24) is 4.90 Å². The van der Waals surface area contributed by atoms with Gasteiger partial charge < -0.3 is 5.11 Å². The van der Waals surface area contributed by atoms with Gasteiger partial charge in [0.15, 0.2) is 0 Å². The molecule has 1 fully saturated rings. The van der Waals surface area contributed by atoms with Crippen molar-refractivity contribution in [1.29, 1.82) is 0 Å². The van der Waals surface area contributed by atoms with Crippen LogP contribution in [0.25, 0.3) is 0 Å². The lowest BCUT2D eigenvalue weighted by Crippen LogP contribution is -2.53. The first-order chi connectivity index (χ1) is 9.83. The van der Waals surface area contributed by atoms with Crippen molar-refractivity contribution in [2.24, 2.45) is 5.41 Å². The summed E-state index contributed by atoms with van der Waals surface area (Å²) in [6.07, 6.45) is 3.30. The van der Waals surface area contributed by atoms with Crippen molar-refractivity contribution in [2.75, 3.05) is 13.1 Å². The zero-order chi connectivity index (χ0) is 15.4. The van der Waals surface area contributed by atoms with Crippen LogP contribution in [-0.2, 0) is 11.8 Å². The lowest BCUT2D eigenvalue weighted by molar-refractivity contribution is 0.0793. The van der Waals surface area contributed by atoms with Gasteiger partial charge in [0.25, 0.3) is 0 Å². The lowest BCUT2D eigenvalue weighted by atomic mass is 9.54. The molecule has 0 radical (unpaired) electrons. The van der Waals surface area contributed by atoms with E-state index in [0.717, 1.165) is 30.1 Å². The fourth-order valence-corrected chi connectivity index (χ4v) is 5.12. The summed E-state index contributed by atoms with van der Waals surface area (Å²) >= 11 is 6.52. The van der Waals surface area contributed by atoms with Gasteiger partial charge in [0, 0.05) is 16.6 Å². The molecule has 1 aromatic rings. The molecule has 1 aliphatic carbocycles. The third kappa shape index (κ3) is 2.26. The van der Waals surface area contributed by atoms with Crippen molar-refractivity contribution in [2.45, 2.75) is 58.4 Å². The Morgan fingerprint density at radius 1 is 1.32 bits per heavy atom. The molecule has 1 saturated heterocycles. The van der Waals surface area contributed by atoms with Crippen LogP contribution in [0.1, 0.15) is 51.7 Å². The minimum atomic E-state index is -0.0242. The Labute approximate surface area is 145 Å². The number of phenolic OH excluding ortho intramolecular Hbond substituents is 1. The SMILES string of the molecule is CCCN1CCC2(C)C1Cc1c(O)ccc(Cl)c1C2(C)C.Cl. The summed E-state index contributed by atoms with van der Waals surface area (Å²) in [5.41, 5.74) is 2.43. The van der Waals surface area contributed by atoms with Crippen LogP contribution in [0.3, 0.4) is 0 Å². The number of rotatable bonds is 2. The van der Waals surface area contributed by atoms with Gasteiger partial charge in [-0.2, -0.15) is 0 Å². The average Bonchev–Trinajstić information content (AvgIpc) is 2.74. The van der Waals surface area contributed by atoms with E-state index in [1.165, 1.54) is 18.4 Å². The summed E-state index contributed by atoms with van der Waals surface area (Å²) in [5.74, 6) is 0.410. The molecular weight excluding hydrogens is 317 g/mol. The number of aromatic hydroxyl groups is 1. The molecule has 22 heavy (non-hydrogen) atoms. The van der Waals surface area contributed by atoms with E-state index in [-0.39, 0.29) is 23.2 Å². The smallest absolute Gasteiger partial charge is 0.119 e. The molecule has 1 aliphatic heterocycles. The molecule has 0 bridgehead atoms. The number of hydrogen-bond acceptors (Lipinski definition) is 2.